The van der Waals surface area contributed by atoms with E-state index in [9.17, 15) is 4.79 Å². The van der Waals surface area contributed by atoms with Gasteiger partial charge in [0.05, 0.1) is 17.3 Å². The molecule has 0 atom stereocenters. The molecule has 4 rings (SSSR count). The van der Waals surface area contributed by atoms with Crippen LogP contribution in [0.15, 0.2) is 47.8 Å². The van der Waals surface area contributed by atoms with Gasteiger partial charge in [0, 0.05) is 10.4 Å². The number of amides is 1. The highest BCUT2D eigenvalue weighted by Gasteiger charge is 2.13. The van der Waals surface area contributed by atoms with E-state index in [1.54, 1.807) is 17.4 Å². The number of thiophene rings is 1. The predicted molar refractivity (Wildman–Crippen MR) is 87.2 cm³/mol. The maximum Gasteiger partial charge on any atom is 0.257 e. The summed E-state index contributed by atoms with van der Waals surface area (Å²) in [5, 5.41) is 6.10. The van der Waals surface area contributed by atoms with E-state index in [-0.39, 0.29) is 5.91 Å². The third-order valence-electron chi connectivity index (χ3n) is 3.24. The molecule has 0 saturated carbocycles. The number of carbonyl (C=O) groups is 1. The molecular weight excluding hydrogens is 302 g/mol. The zero-order chi connectivity index (χ0) is 14.2. The first-order valence-electron chi connectivity index (χ1n) is 6.31. The first-order chi connectivity index (χ1) is 10.3. The minimum Gasteiger partial charge on any atom is -0.322 e. The highest BCUT2D eigenvalue weighted by atomic mass is 32.1. The quantitative estimate of drug-likeness (QED) is 0.605. The Morgan fingerprint density at radius 2 is 2.05 bits per heavy atom. The van der Waals surface area contributed by atoms with E-state index in [1.165, 1.54) is 4.70 Å². The van der Waals surface area contributed by atoms with Crippen LogP contribution in [0.3, 0.4) is 0 Å². The van der Waals surface area contributed by atoms with Gasteiger partial charge >= 0.3 is 0 Å². The Morgan fingerprint density at radius 3 is 3.00 bits per heavy atom. The van der Waals surface area contributed by atoms with Crippen LogP contribution >= 0.6 is 23.1 Å². The van der Waals surface area contributed by atoms with E-state index in [0.29, 0.717) is 11.1 Å². The smallest absolute Gasteiger partial charge is 0.257 e. The van der Waals surface area contributed by atoms with Crippen molar-refractivity contribution in [3.05, 3.63) is 53.4 Å². The molecule has 2 aromatic heterocycles. The summed E-state index contributed by atoms with van der Waals surface area (Å²) in [5.41, 5.74) is 2.73. The van der Waals surface area contributed by atoms with Gasteiger partial charge in [0.15, 0.2) is 0 Å². The fourth-order valence-electron chi connectivity index (χ4n) is 2.23. The second-order valence-electron chi connectivity index (χ2n) is 4.56. The lowest BCUT2D eigenvalue weighted by Gasteiger charge is -2.05. The SMILES string of the molecule is O=C(Nc1ccc2sccc2c1)c1cccc2nsnc12. The molecule has 0 aliphatic heterocycles. The zero-order valence-corrected chi connectivity index (χ0v) is 12.4. The number of hydrogen-bond donors (Lipinski definition) is 1. The molecule has 0 bridgehead atoms. The number of nitrogens with one attached hydrogen (secondary N) is 1. The molecule has 1 N–H and O–H groups in total. The van der Waals surface area contributed by atoms with Gasteiger partial charge in [-0.1, -0.05) is 6.07 Å². The normalized spacial score (nSPS) is 11.0. The van der Waals surface area contributed by atoms with Gasteiger partial charge in [-0.15, -0.1) is 11.3 Å². The van der Waals surface area contributed by atoms with Crippen molar-refractivity contribution in [3.63, 3.8) is 0 Å². The number of hydrogen-bond acceptors (Lipinski definition) is 5. The van der Waals surface area contributed by atoms with Crippen LogP contribution in [0, 0.1) is 0 Å². The number of nitrogens with zero attached hydrogens (tertiary/aromatic N) is 2. The number of benzene rings is 2. The average Bonchev–Trinajstić information content (AvgIpc) is 3.14. The van der Waals surface area contributed by atoms with E-state index in [2.05, 4.69) is 14.1 Å². The molecule has 4 nitrogen and oxygen atoms in total. The maximum absolute atomic E-state index is 12.4. The molecule has 4 aromatic rings. The van der Waals surface area contributed by atoms with E-state index < -0.39 is 0 Å². The van der Waals surface area contributed by atoms with E-state index in [1.807, 2.05) is 41.8 Å². The Bertz CT molecular complexity index is 958. The lowest BCUT2D eigenvalue weighted by atomic mass is 10.1. The summed E-state index contributed by atoms with van der Waals surface area (Å²) < 4.78 is 9.56. The van der Waals surface area contributed by atoms with Gasteiger partial charge in [-0.25, -0.2) is 0 Å². The maximum atomic E-state index is 12.4. The summed E-state index contributed by atoms with van der Waals surface area (Å²) in [6.45, 7) is 0. The molecule has 0 aliphatic rings. The molecule has 0 saturated heterocycles. The first kappa shape index (κ1) is 12.4. The van der Waals surface area contributed by atoms with Crippen molar-refractivity contribution in [1.29, 1.82) is 0 Å². The molecule has 102 valence electrons. The monoisotopic (exact) mass is 311 g/mol. The minimum absolute atomic E-state index is 0.164. The summed E-state index contributed by atoms with van der Waals surface area (Å²) >= 11 is 2.80. The average molecular weight is 311 g/mol. The van der Waals surface area contributed by atoms with Crippen LogP contribution in [0.2, 0.25) is 0 Å². The molecule has 2 heterocycles. The number of rotatable bonds is 2. The minimum atomic E-state index is -0.164. The van der Waals surface area contributed by atoms with Crippen molar-refractivity contribution >= 4 is 55.8 Å². The van der Waals surface area contributed by atoms with E-state index >= 15 is 0 Å². The van der Waals surface area contributed by atoms with Gasteiger partial charge in [-0.2, -0.15) is 8.75 Å². The fraction of sp³-hybridized carbons (Fsp3) is 0. The second kappa shape index (κ2) is 4.91. The van der Waals surface area contributed by atoms with Crippen molar-refractivity contribution in [2.24, 2.45) is 0 Å². The lowest BCUT2D eigenvalue weighted by molar-refractivity contribution is 0.102. The molecule has 21 heavy (non-hydrogen) atoms. The van der Waals surface area contributed by atoms with Crippen molar-refractivity contribution in [1.82, 2.24) is 8.75 Å². The molecule has 2 aromatic carbocycles. The van der Waals surface area contributed by atoms with Gasteiger partial charge in [0.25, 0.3) is 5.91 Å². The summed E-state index contributed by atoms with van der Waals surface area (Å²) in [7, 11) is 0. The summed E-state index contributed by atoms with van der Waals surface area (Å²) in [6.07, 6.45) is 0. The Balaban J connectivity index is 1.70. The van der Waals surface area contributed by atoms with Gasteiger partial charge in [0.2, 0.25) is 0 Å². The predicted octanol–water partition coefficient (Wildman–Crippen LogP) is 4.16. The largest absolute Gasteiger partial charge is 0.322 e. The van der Waals surface area contributed by atoms with Crippen LogP contribution in [-0.2, 0) is 0 Å². The van der Waals surface area contributed by atoms with E-state index in [0.717, 1.165) is 28.3 Å². The number of fused-ring (bicyclic) bond motifs is 2. The molecule has 0 unspecified atom stereocenters. The second-order valence-corrected chi connectivity index (χ2v) is 6.04. The van der Waals surface area contributed by atoms with Gasteiger partial charge in [-0.3, -0.25) is 4.79 Å². The molecule has 0 fully saturated rings. The highest BCUT2D eigenvalue weighted by Crippen LogP contribution is 2.25. The van der Waals surface area contributed by atoms with Crippen molar-refractivity contribution in [3.8, 4) is 0 Å². The van der Waals surface area contributed by atoms with Crippen molar-refractivity contribution in [2.45, 2.75) is 0 Å². The number of carbonyl (C=O) groups excluding carboxylic acids is 1. The fourth-order valence-corrected chi connectivity index (χ4v) is 3.55. The Morgan fingerprint density at radius 1 is 1.10 bits per heavy atom. The standard InChI is InChI=1S/C15H9N3OS2/c19-15(11-2-1-3-12-14(11)18-21-17-12)16-10-4-5-13-9(8-10)6-7-20-13/h1-8H,(H,16,19). The molecule has 0 aliphatic carbocycles. The lowest BCUT2D eigenvalue weighted by Crippen LogP contribution is -2.12. The third kappa shape index (κ3) is 2.18. The van der Waals surface area contributed by atoms with Gasteiger partial charge in [-0.05, 0) is 47.2 Å². The highest BCUT2D eigenvalue weighted by molar-refractivity contribution is 7.17. The first-order valence-corrected chi connectivity index (χ1v) is 7.92. The zero-order valence-electron chi connectivity index (χ0n) is 10.7. The number of anilines is 1. The summed E-state index contributed by atoms with van der Waals surface area (Å²) in [4.78, 5) is 12.4. The Labute approximate surface area is 128 Å². The van der Waals surface area contributed by atoms with Crippen LogP contribution in [0.5, 0.6) is 0 Å². The number of aromatic nitrogens is 2. The van der Waals surface area contributed by atoms with Crippen LogP contribution in [0.25, 0.3) is 21.1 Å². The van der Waals surface area contributed by atoms with E-state index in [4.69, 9.17) is 0 Å². The van der Waals surface area contributed by atoms with Crippen molar-refractivity contribution in [2.75, 3.05) is 5.32 Å². The molecule has 1 amide bonds. The summed E-state index contributed by atoms with van der Waals surface area (Å²) in [6, 6.07) is 13.4. The molecular formula is C15H9N3OS2. The Hall–Kier alpha value is -2.31. The summed E-state index contributed by atoms with van der Waals surface area (Å²) in [5.74, 6) is -0.164. The van der Waals surface area contributed by atoms with Gasteiger partial charge < -0.3 is 5.32 Å². The van der Waals surface area contributed by atoms with Crippen LogP contribution in [0.1, 0.15) is 10.4 Å². The van der Waals surface area contributed by atoms with Crippen molar-refractivity contribution < 1.29 is 4.79 Å². The van der Waals surface area contributed by atoms with Gasteiger partial charge in [0.1, 0.15) is 11.0 Å². The Kier molecular flexibility index (Phi) is 2.90. The van der Waals surface area contributed by atoms with Crippen LogP contribution < -0.4 is 5.32 Å². The molecule has 0 radical (unpaired) electrons. The molecule has 6 heteroatoms. The molecule has 0 spiro atoms. The van der Waals surface area contributed by atoms with Crippen LogP contribution in [0.4, 0.5) is 5.69 Å². The topological polar surface area (TPSA) is 54.9 Å². The third-order valence-corrected chi connectivity index (χ3v) is 4.68. The van der Waals surface area contributed by atoms with Crippen LogP contribution in [-0.4, -0.2) is 14.7 Å².